The van der Waals surface area contributed by atoms with Gasteiger partial charge in [0.15, 0.2) is 0 Å². The second-order valence-electron chi connectivity index (χ2n) is 7.75. The molecule has 1 heterocycles. The van der Waals surface area contributed by atoms with Crippen molar-refractivity contribution in [3.8, 4) is 0 Å². The Morgan fingerprint density at radius 3 is 2.17 bits per heavy atom. The predicted octanol–water partition coefficient (Wildman–Crippen LogP) is 4.05. The molecule has 0 aromatic heterocycles. The van der Waals surface area contributed by atoms with Crippen LogP contribution in [0.25, 0.3) is 0 Å². The molecule has 0 aliphatic carbocycles. The Kier molecular flexibility index (Phi) is 6.60. The number of amides is 2. The summed E-state index contributed by atoms with van der Waals surface area (Å²) in [5.41, 5.74) is 4.74. The number of piperazine rings is 1. The molecular formula is C23H28ClN3O2. The van der Waals surface area contributed by atoms with Crippen LogP contribution < -0.4 is 5.32 Å². The summed E-state index contributed by atoms with van der Waals surface area (Å²) >= 11 is 6.16. The lowest BCUT2D eigenvalue weighted by Crippen LogP contribution is -2.54. The summed E-state index contributed by atoms with van der Waals surface area (Å²) in [7, 11) is 0. The van der Waals surface area contributed by atoms with E-state index in [1.807, 2.05) is 32.9 Å². The molecule has 1 N–H and O–H groups in total. The molecule has 0 unspecified atom stereocenters. The minimum Gasteiger partial charge on any atom is -0.336 e. The van der Waals surface area contributed by atoms with Crippen LogP contribution in [0.5, 0.6) is 0 Å². The van der Waals surface area contributed by atoms with Gasteiger partial charge in [-0.1, -0.05) is 41.4 Å². The van der Waals surface area contributed by atoms with E-state index in [0.29, 0.717) is 36.8 Å². The zero-order valence-electron chi connectivity index (χ0n) is 17.5. The van der Waals surface area contributed by atoms with Gasteiger partial charge in [-0.05, 0) is 51.0 Å². The first-order valence-corrected chi connectivity index (χ1v) is 10.3. The van der Waals surface area contributed by atoms with Crippen LogP contribution in [-0.4, -0.2) is 53.8 Å². The molecule has 1 aliphatic heterocycles. The second-order valence-corrected chi connectivity index (χ2v) is 8.15. The van der Waals surface area contributed by atoms with Gasteiger partial charge in [0.1, 0.15) is 0 Å². The molecule has 2 amide bonds. The maximum atomic E-state index is 12.8. The van der Waals surface area contributed by atoms with E-state index < -0.39 is 0 Å². The van der Waals surface area contributed by atoms with Gasteiger partial charge in [-0.25, -0.2) is 0 Å². The summed E-state index contributed by atoms with van der Waals surface area (Å²) in [6.07, 6.45) is 0. The second kappa shape index (κ2) is 8.97. The first-order valence-electron chi connectivity index (χ1n) is 9.94. The molecule has 3 rings (SSSR count). The van der Waals surface area contributed by atoms with E-state index in [1.165, 1.54) is 5.56 Å². The average Bonchev–Trinajstić information content (AvgIpc) is 2.70. The lowest BCUT2D eigenvalue weighted by atomic mass is 10.0. The molecule has 0 bridgehead atoms. The van der Waals surface area contributed by atoms with Gasteiger partial charge >= 0.3 is 0 Å². The minimum absolute atomic E-state index is 0.0223. The molecule has 29 heavy (non-hydrogen) atoms. The third kappa shape index (κ3) is 4.80. The van der Waals surface area contributed by atoms with Gasteiger partial charge in [-0.3, -0.25) is 14.5 Å². The molecule has 1 atom stereocenters. The minimum atomic E-state index is -0.271. The normalized spacial score (nSPS) is 15.8. The van der Waals surface area contributed by atoms with Gasteiger partial charge in [0.2, 0.25) is 5.91 Å². The zero-order valence-corrected chi connectivity index (χ0v) is 18.2. The van der Waals surface area contributed by atoms with Crippen LogP contribution in [0.2, 0.25) is 5.02 Å². The van der Waals surface area contributed by atoms with Crippen molar-refractivity contribution >= 4 is 29.1 Å². The van der Waals surface area contributed by atoms with Crippen LogP contribution in [0.4, 0.5) is 5.69 Å². The molecule has 0 spiro atoms. The summed E-state index contributed by atoms with van der Waals surface area (Å²) in [5.74, 6) is -0.0795. The maximum Gasteiger partial charge on any atom is 0.255 e. The number of hydrogen-bond acceptors (Lipinski definition) is 3. The molecular weight excluding hydrogens is 386 g/mol. The van der Waals surface area contributed by atoms with E-state index in [-0.39, 0.29) is 17.9 Å². The Hall–Kier alpha value is -2.37. The Labute approximate surface area is 177 Å². The molecule has 2 aromatic rings. The Balaban J connectivity index is 1.60. The van der Waals surface area contributed by atoms with Crippen LogP contribution in [-0.2, 0) is 4.79 Å². The zero-order chi connectivity index (χ0) is 21.1. The molecule has 0 saturated carbocycles. The quantitative estimate of drug-likeness (QED) is 0.822. The highest BCUT2D eigenvalue weighted by Gasteiger charge is 2.28. The van der Waals surface area contributed by atoms with Gasteiger partial charge in [0, 0.05) is 31.9 Å². The standard InChI is InChI=1S/C23H28ClN3O2/c1-15-13-16(2)21(17(3)14-15)25-22(28)18(4)26-9-11-27(12-10-26)23(29)19-7-5-6-8-20(19)24/h5-8,13-14,18H,9-12H2,1-4H3,(H,25,28)/t18-/m1/s1. The van der Waals surface area contributed by atoms with Gasteiger partial charge in [0.25, 0.3) is 5.91 Å². The number of nitrogens with one attached hydrogen (secondary N) is 1. The lowest BCUT2D eigenvalue weighted by molar-refractivity contribution is -0.121. The summed E-state index contributed by atoms with van der Waals surface area (Å²) < 4.78 is 0. The van der Waals surface area contributed by atoms with Crippen molar-refractivity contribution in [1.82, 2.24) is 9.80 Å². The number of benzene rings is 2. The number of carbonyl (C=O) groups excluding carboxylic acids is 2. The number of aryl methyl sites for hydroxylation is 3. The SMILES string of the molecule is Cc1cc(C)c(NC(=O)[C@@H](C)N2CCN(C(=O)c3ccccc3Cl)CC2)c(C)c1. The molecule has 1 saturated heterocycles. The molecule has 1 aliphatic rings. The monoisotopic (exact) mass is 413 g/mol. The highest BCUT2D eigenvalue weighted by atomic mass is 35.5. The number of halogens is 1. The highest BCUT2D eigenvalue weighted by Crippen LogP contribution is 2.23. The summed E-state index contributed by atoms with van der Waals surface area (Å²) in [5, 5.41) is 3.56. The van der Waals surface area contributed by atoms with E-state index in [2.05, 4.69) is 29.3 Å². The summed E-state index contributed by atoms with van der Waals surface area (Å²) in [6.45, 7) is 10.4. The number of nitrogens with zero attached hydrogens (tertiary/aromatic N) is 2. The van der Waals surface area contributed by atoms with Crippen LogP contribution in [0.15, 0.2) is 36.4 Å². The van der Waals surface area contributed by atoms with Crippen LogP contribution in [0.1, 0.15) is 34.0 Å². The Bertz CT molecular complexity index is 897. The van der Waals surface area contributed by atoms with Gasteiger partial charge in [0.05, 0.1) is 16.6 Å². The summed E-state index contributed by atoms with van der Waals surface area (Å²) in [6, 6.07) is 11.0. The smallest absolute Gasteiger partial charge is 0.255 e. The number of rotatable bonds is 4. The van der Waals surface area contributed by atoms with E-state index in [0.717, 1.165) is 16.8 Å². The van der Waals surface area contributed by atoms with E-state index in [9.17, 15) is 9.59 Å². The highest BCUT2D eigenvalue weighted by molar-refractivity contribution is 6.33. The molecule has 2 aromatic carbocycles. The van der Waals surface area contributed by atoms with Crippen LogP contribution in [0.3, 0.4) is 0 Å². The molecule has 1 fully saturated rings. The fraction of sp³-hybridized carbons (Fsp3) is 0.391. The van der Waals surface area contributed by atoms with Crippen molar-refractivity contribution in [3.63, 3.8) is 0 Å². The van der Waals surface area contributed by atoms with Gasteiger partial charge < -0.3 is 10.2 Å². The van der Waals surface area contributed by atoms with Crippen molar-refractivity contribution in [2.24, 2.45) is 0 Å². The summed E-state index contributed by atoms with van der Waals surface area (Å²) in [4.78, 5) is 29.5. The molecule has 5 nitrogen and oxygen atoms in total. The lowest BCUT2D eigenvalue weighted by Gasteiger charge is -2.37. The Morgan fingerprint density at radius 2 is 1.59 bits per heavy atom. The largest absolute Gasteiger partial charge is 0.336 e. The first-order chi connectivity index (χ1) is 13.8. The maximum absolute atomic E-state index is 12.8. The average molecular weight is 414 g/mol. The number of carbonyl (C=O) groups is 2. The van der Waals surface area contributed by atoms with Crippen molar-refractivity contribution in [2.45, 2.75) is 33.7 Å². The fourth-order valence-corrected chi connectivity index (χ4v) is 4.10. The predicted molar refractivity (Wildman–Crippen MR) is 118 cm³/mol. The molecule has 0 radical (unpaired) electrons. The van der Waals surface area contributed by atoms with Crippen LogP contribution in [0, 0.1) is 20.8 Å². The van der Waals surface area contributed by atoms with E-state index in [4.69, 9.17) is 11.6 Å². The van der Waals surface area contributed by atoms with Crippen molar-refractivity contribution in [3.05, 3.63) is 63.7 Å². The molecule has 154 valence electrons. The van der Waals surface area contributed by atoms with Crippen LogP contribution >= 0.6 is 11.6 Å². The van der Waals surface area contributed by atoms with Crippen molar-refractivity contribution in [2.75, 3.05) is 31.5 Å². The van der Waals surface area contributed by atoms with E-state index in [1.54, 1.807) is 17.0 Å². The third-order valence-corrected chi connectivity index (χ3v) is 5.89. The van der Waals surface area contributed by atoms with Crippen molar-refractivity contribution < 1.29 is 9.59 Å². The van der Waals surface area contributed by atoms with Gasteiger partial charge in [-0.2, -0.15) is 0 Å². The Morgan fingerprint density at radius 1 is 1.00 bits per heavy atom. The van der Waals surface area contributed by atoms with E-state index >= 15 is 0 Å². The number of anilines is 1. The molecule has 6 heteroatoms. The van der Waals surface area contributed by atoms with Crippen molar-refractivity contribution in [1.29, 1.82) is 0 Å². The third-order valence-electron chi connectivity index (χ3n) is 5.56. The van der Waals surface area contributed by atoms with Gasteiger partial charge in [-0.15, -0.1) is 0 Å². The topological polar surface area (TPSA) is 52.7 Å². The number of hydrogen-bond donors (Lipinski definition) is 1. The first kappa shape index (κ1) is 21.3. The fourth-order valence-electron chi connectivity index (χ4n) is 3.89.